The summed E-state index contributed by atoms with van der Waals surface area (Å²) in [5.74, 6) is 0.595. The summed E-state index contributed by atoms with van der Waals surface area (Å²) in [4.78, 5) is 37.1. The number of H-pyrrole nitrogens is 1. The average molecular weight is 605 g/mol. The van der Waals surface area contributed by atoms with Crippen molar-refractivity contribution in [1.29, 1.82) is 0 Å². The van der Waals surface area contributed by atoms with Gasteiger partial charge in [0.05, 0.1) is 14.2 Å². The minimum absolute atomic E-state index is 0.0864. The number of hydrogen-bond acceptors (Lipinski definition) is 5. The first-order valence-electron chi connectivity index (χ1n) is 15.0. The average Bonchev–Trinajstić information content (AvgIpc) is 3.49. The van der Waals surface area contributed by atoms with E-state index in [1.807, 2.05) is 72.6 Å². The fourth-order valence-electron chi connectivity index (χ4n) is 5.39. The largest absolute Gasteiger partial charge is 0.497 e. The van der Waals surface area contributed by atoms with Crippen LogP contribution in [0, 0.1) is 0 Å². The van der Waals surface area contributed by atoms with Gasteiger partial charge in [0.15, 0.2) is 0 Å². The van der Waals surface area contributed by atoms with Crippen LogP contribution in [0.3, 0.4) is 0 Å². The first-order chi connectivity index (χ1) is 21.8. The summed E-state index contributed by atoms with van der Waals surface area (Å²) in [5, 5.41) is 1.15. The van der Waals surface area contributed by atoms with Crippen LogP contribution in [0.25, 0.3) is 10.9 Å². The van der Waals surface area contributed by atoms with Gasteiger partial charge in [-0.3, -0.25) is 9.59 Å². The molecule has 0 spiro atoms. The summed E-state index contributed by atoms with van der Waals surface area (Å²) in [6.45, 7) is 1.11. The predicted molar refractivity (Wildman–Crippen MR) is 179 cm³/mol. The molecule has 232 valence electrons. The Kier molecular flexibility index (Phi) is 10.0. The number of anilines is 1. The lowest BCUT2D eigenvalue weighted by Gasteiger charge is -2.28. The highest BCUT2D eigenvalue weighted by Gasteiger charge is 2.24. The molecule has 45 heavy (non-hydrogen) atoms. The van der Waals surface area contributed by atoms with Gasteiger partial charge in [-0.2, -0.15) is 0 Å². The number of benzene rings is 4. The SMILES string of the molecule is COc1cc(OC)cc(C(=O)N(CC(=O)N(CCc2c[nH]c3ccccc23)Cc2ccc(N(C)C)cc2)Cc2ccccc2)c1. The van der Waals surface area contributed by atoms with Gasteiger partial charge in [-0.15, -0.1) is 0 Å². The highest BCUT2D eigenvalue weighted by Crippen LogP contribution is 2.25. The van der Waals surface area contributed by atoms with Crippen molar-refractivity contribution < 1.29 is 19.1 Å². The van der Waals surface area contributed by atoms with E-state index in [-0.39, 0.29) is 24.9 Å². The highest BCUT2D eigenvalue weighted by molar-refractivity contribution is 5.97. The fourth-order valence-corrected chi connectivity index (χ4v) is 5.39. The summed E-state index contributed by atoms with van der Waals surface area (Å²) in [6, 6.07) is 31.2. The molecule has 5 aromatic rings. The molecular weight excluding hydrogens is 564 g/mol. The normalized spacial score (nSPS) is 10.8. The molecule has 0 bridgehead atoms. The zero-order chi connectivity index (χ0) is 31.8. The first-order valence-corrected chi connectivity index (χ1v) is 15.0. The Morgan fingerprint density at radius 3 is 2.02 bits per heavy atom. The summed E-state index contributed by atoms with van der Waals surface area (Å²) >= 11 is 0. The predicted octanol–water partition coefficient (Wildman–Crippen LogP) is 6.17. The molecular formula is C37H40N4O4. The molecule has 8 nitrogen and oxygen atoms in total. The van der Waals surface area contributed by atoms with Gasteiger partial charge < -0.3 is 29.2 Å². The van der Waals surface area contributed by atoms with Crippen molar-refractivity contribution in [1.82, 2.24) is 14.8 Å². The van der Waals surface area contributed by atoms with E-state index in [0.29, 0.717) is 36.6 Å². The standard InChI is InChI=1S/C37H40N4O4/c1-39(2)31-16-14-28(15-17-31)24-40(19-18-29-23-38-35-13-9-8-12-34(29)35)36(42)26-41(25-27-10-6-5-7-11-27)37(43)30-20-32(44-3)22-33(21-30)45-4/h5-17,20-23,38H,18-19,24-26H2,1-4H3. The molecule has 0 atom stereocenters. The van der Waals surface area contributed by atoms with Crippen LogP contribution in [0.5, 0.6) is 11.5 Å². The number of ether oxygens (including phenoxy) is 2. The molecule has 8 heteroatoms. The highest BCUT2D eigenvalue weighted by atomic mass is 16.5. The summed E-state index contributed by atoms with van der Waals surface area (Å²) in [6.07, 6.45) is 2.69. The Hall–Kier alpha value is -5.24. The van der Waals surface area contributed by atoms with Gasteiger partial charge in [0.2, 0.25) is 5.91 Å². The molecule has 1 heterocycles. The number of aromatic amines is 1. The lowest BCUT2D eigenvalue weighted by Crippen LogP contribution is -2.43. The van der Waals surface area contributed by atoms with Crippen molar-refractivity contribution in [2.45, 2.75) is 19.5 Å². The summed E-state index contributed by atoms with van der Waals surface area (Å²) in [7, 11) is 7.10. The van der Waals surface area contributed by atoms with Crippen molar-refractivity contribution in [3.05, 3.63) is 126 Å². The molecule has 0 unspecified atom stereocenters. The third kappa shape index (κ3) is 7.84. The molecule has 0 aliphatic rings. The van der Waals surface area contributed by atoms with Crippen LogP contribution in [-0.2, 0) is 24.3 Å². The number of aromatic nitrogens is 1. The van der Waals surface area contributed by atoms with Gasteiger partial charge in [-0.1, -0.05) is 60.7 Å². The second kappa shape index (κ2) is 14.5. The van der Waals surface area contributed by atoms with Crippen LogP contribution in [-0.4, -0.2) is 68.0 Å². The third-order valence-electron chi connectivity index (χ3n) is 7.93. The van der Waals surface area contributed by atoms with Crippen LogP contribution in [0.15, 0.2) is 103 Å². The van der Waals surface area contributed by atoms with Gasteiger partial charge in [0, 0.05) is 68.1 Å². The smallest absolute Gasteiger partial charge is 0.254 e. The second-order valence-electron chi connectivity index (χ2n) is 11.2. The number of fused-ring (bicyclic) bond motifs is 1. The van der Waals surface area contributed by atoms with Gasteiger partial charge >= 0.3 is 0 Å². The number of rotatable bonds is 13. The van der Waals surface area contributed by atoms with Gasteiger partial charge in [0.1, 0.15) is 18.0 Å². The van der Waals surface area contributed by atoms with Crippen molar-refractivity contribution in [2.24, 2.45) is 0 Å². The number of methoxy groups -OCH3 is 2. The Bertz CT molecular complexity index is 1710. The van der Waals surface area contributed by atoms with E-state index >= 15 is 0 Å². The lowest BCUT2D eigenvalue weighted by molar-refractivity contribution is -0.132. The number of amides is 2. The quantitative estimate of drug-likeness (QED) is 0.174. The van der Waals surface area contributed by atoms with Gasteiger partial charge in [-0.05, 0) is 53.4 Å². The molecule has 0 aliphatic carbocycles. The zero-order valence-corrected chi connectivity index (χ0v) is 26.3. The molecule has 0 saturated heterocycles. The number of para-hydroxylation sites is 1. The lowest BCUT2D eigenvalue weighted by atomic mass is 10.1. The van der Waals surface area contributed by atoms with Crippen molar-refractivity contribution in [2.75, 3.05) is 46.3 Å². The van der Waals surface area contributed by atoms with Crippen LogP contribution < -0.4 is 14.4 Å². The Morgan fingerprint density at radius 1 is 0.733 bits per heavy atom. The topological polar surface area (TPSA) is 78.1 Å². The second-order valence-corrected chi connectivity index (χ2v) is 11.2. The summed E-state index contributed by atoms with van der Waals surface area (Å²) < 4.78 is 10.8. The number of nitrogens with zero attached hydrogens (tertiary/aromatic N) is 3. The zero-order valence-electron chi connectivity index (χ0n) is 26.3. The van der Waals surface area contributed by atoms with E-state index < -0.39 is 0 Å². The molecule has 1 aromatic heterocycles. The third-order valence-corrected chi connectivity index (χ3v) is 7.93. The van der Waals surface area contributed by atoms with Crippen LogP contribution in [0.4, 0.5) is 5.69 Å². The van der Waals surface area contributed by atoms with E-state index in [2.05, 4.69) is 41.4 Å². The van der Waals surface area contributed by atoms with E-state index in [9.17, 15) is 9.59 Å². The number of carbonyl (C=O) groups is 2. The molecule has 4 aromatic carbocycles. The van der Waals surface area contributed by atoms with Crippen LogP contribution in [0.1, 0.15) is 27.0 Å². The maximum atomic E-state index is 14.2. The van der Waals surface area contributed by atoms with Gasteiger partial charge in [-0.25, -0.2) is 0 Å². The maximum Gasteiger partial charge on any atom is 0.254 e. The molecule has 0 saturated carbocycles. The van der Waals surface area contributed by atoms with E-state index in [1.54, 1.807) is 37.3 Å². The van der Waals surface area contributed by atoms with Gasteiger partial charge in [0.25, 0.3) is 5.91 Å². The van der Waals surface area contributed by atoms with Crippen molar-refractivity contribution in [3.8, 4) is 11.5 Å². The number of carbonyl (C=O) groups excluding carboxylic acids is 2. The molecule has 0 fully saturated rings. The molecule has 0 aliphatic heterocycles. The summed E-state index contributed by atoms with van der Waals surface area (Å²) in [5.41, 5.74) is 5.64. The number of nitrogens with one attached hydrogen (secondary N) is 1. The van der Waals surface area contributed by atoms with E-state index in [1.165, 1.54) is 0 Å². The molecule has 2 amide bonds. The minimum atomic E-state index is -0.281. The first kappa shape index (κ1) is 31.2. The van der Waals surface area contributed by atoms with E-state index in [4.69, 9.17) is 9.47 Å². The molecule has 0 radical (unpaired) electrons. The molecule has 5 rings (SSSR count). The Labute approximate surface area is 264 Å². The van der Waals surface area contributed by atoms with Crippen LogP contribution >= 0.6 is 0 Å². The minimum Gasteiger partial charge on any atom is -0.497 e. The maximum absolute atomic E-state index is 14.2. The van der Waals surface area contributed by atoms with Crippen LogP contribution in [0.2, 0.25) is 0 Å². The number of hydrogen-bond donors (Lipinski definition) is 1. The Morgan fingerprint density at radius 2 is 1.36 bits per heavy atom. The molecule has 1 N–H and O–H groups in total. The monoisotopic (exact) mass is 604 g/mol. The van der Waals surface area contributed by atoms with Crippen molar-refractivity contribution >= 4 is 28.4 Å². The fraction of sp³-hybridized carbons (Fsp3) is 0.243. The van der Waals surface area contributed by atoms with E-state index in [0.717, 1.165) is 33.3 Å². The van der Waals surface area contributed by atoms with Crippen molar-refractivity contribution in [3.63, 3.8) is 0 Å². The Balaban J connectivity index is 1.43.